The Kier molecular flexibility index (Phi) is 4.45. The SMILES string of the molecule is C=CCOC(=O)c1ccc(-c2ccc(Br)c(Cl)c2)o1. The number of carbonyl (C=O) groups excluding carboxylic acids is 1. The Morgan fingerprint density at radius 3 is 2.89 bits per heavy atom. The molecule has 0 fully saturated rings. The minimum Gasteiger partial charge on any atom is -0.456 e. The molecule has 5 heteroatoms. The lowest BCUT2D eigenvalue weighted by molar-refractivity contribution is 0.0514. The molecule has 0 amide bonds. The number of carbonyl (C=O) groups is 1. The van der Waals surface area contributed by atoms with E-state index < -0.39 is 5.97 Å². The smallest absolute Gasteiger partial charge is 0.374 e. The van der Waals surface area contributed by atoms with Crippen molar-refractivity contribution < 1.29 is 13.9 Å². The maximum Gasteiger partial charge on any atom is 0.374 e. The zero-order valence-electron chi connectivity index (χ0n) is 9.86. The highest BCUT2D eigenvalue weighted by Crippen LogP contribution is 2.29. The lowest BCUT2D eigenvalue weighted by atomic mass is 10.2. The van der Waals surface area contributed by atoms with E-state index in [0.29, 0.717) is 10.8 Å². The standard InChI is InChI=1S/C14H10BrClO3/c1-2-7-18-14(17)13-6-5-12(19-13)9-3-4-10(15)11(16)8-9/h2-6,8H,1,7H2. The monoisotopic (exact) mass is 340 g/mol. The maximum absolute atomic E-state index is 11.6. The molecule has 2 aromatic rings. The molecular formula is C14H10BrClO3. The highest BCUT2D eigenvalue weighted by Gasteiger charge is 2.13. The van der Waals surface area contributed by atoms with Crippen LogP contribution in [-0.2, 0) is 4.74 Å². The second-order valence-corrected chi connectivity index (χ2v) is 4.94. The van der Waals surface area contributed by atoms with E-state index in [9.17, 15) is 4.79 Å². The molecule has 3 nitrogen and oxygen atoms in total. The third-order valence-corrected chi connectivity index (χ3v) is 3.58. The molecule has 19 heavy (non-hydrogen) atoms. The molecule has 0 radical (unpaired) electrons. The summed E-state index contributed by atoms with van der Waals surface area (Å²) in [5.41, 5.74) is 0.788. The largest absolute Gasteiger partial charge is 0.456 e. The van der Waals surface area contributed by atoms with Gasteiger partial charge in [-0.2, -0.15) is 0 Å². The summed E-state index contributed by atoms with van der Waals surface area (Å²) < 4.78 is 11.1. The summed E-state index contributed by atoms with van der Waals surface area (Å²) in [6.07, 6.45) is 1.50. The van der Waals surface area contributed by atoms with Crippen molar-refractivity contribution >= 4 is 33.5 Å². The topological polar surface area (TPSA) is 39.4 Å². The molecule has 0 saturated carbocycles. The van der Waals surface area contributed by atoms with E-state index in [0.717, 1.165) is 10.0 Å². The molecule has 0 spiro atoms. The Hall–Kier alpha value is -1.52. The van der Waals surface area contributed by atoms with E-state index in [2.05, 4.69) is 22.5 Å². The lowest BCUT2D eigenvalue weighted by Gasteiger charge is -2.00. The van der Waals surface area contributed by atoms with Crippen molar-refractivity contribution in [3.8, 4) is 11.3 Å². The first-order chi connectivity index (χ1) is 9.11. The van der Waals surface area contributed by atoms with Crippen molar-refractivity contribution in [1.29, 1.82) is 0 Å². The fourth-order valence-electron chi connectivity index (χ4n) is 1.46. The lowest BCUT2D eigenvalue weighted by Crippen LogP contribution is -2.03. The van der Waals surface area contributed by atoms with Gasteiger partial charge in [-0.15, -0.1) is 0 Å². The molecule has 0 unspecified atom stereocenters. The van der Waals surface area contributed by atoms with Gasteiger partial charge in [0.05, 0.1) is 5.02 Å². The van der Waals surface area contributed by atoms with Gasteiger partial charge in [0.25, 0.3) is 0 Å². The summed E-state index contributed by atoms with van der Waals surface area (Å²) in [4.78, 5) is 11.6. The predicted molar refractivity (Wildman–Crippen MR) is 77.3 cm³/mol. The number of halogens is 2. The van der Waals surface area contributed by atoms with Crippen molar-refractivity contribution in [3.05, 3.63) is 58.2 Å². The number of ether oxygens (including phenoxy) is 1. The Labute approximate surface area is 123 Å². The van der Waals surface area contributed by atoms with Gasteiger partial charge in [0.1, 0.15) is 12.4 Å². The van der Waals surface area contributed by atoms with Crippen LogP contribution in [0.15, 0.2) is 51.9 Å². The van der Waals surface area contributed by atoms with Crippen LogP contribution in [0.25, 0.3) is 11.3 Å². The first kappa shape index (κ1) is 13.9. The molecule has 98 valence electrons. The molecule has 0 aliphatic rings. The molecule has 1 aromatic heterocycles. The second kappa shape index (κ2) is 6.08. The number of hydrogen-bond donors (Lipinski definition) is 0. The molecule has 1 heterocycles. The van der Waals surface area contributed by atoms with Gasteiger partial charge in [0.15, 0.2) is 0 Å². The molecule has 0 N–H and O–H groups in total. The third-order valence-electron chi connectivity index (χ3n) is 2.34. The molecular weight excluding hydrogens is 332 g/mol. The number of rotatable bonds is 4. The summed E-state index contributed by atoms with van der Waals surface area (Å²) in [6, 6.07) is 8.67. The molecule has 0 aliphatic carbocycles. The van der Waals surface area contributed by atoms with Crippen LogP contribution in [0.1, 0.15) is 10.6 Å². The van der Waals surface area contributed by atoms with Crippen LogP contribution in [0.4, 0.5) is 0 Å². The Balaban J connectivity index is 2.22. The minimum atomic E-state index is -0.519. The number of furan rings is 1. The first-order valence-corrected chi connectivity index (χ1v) is 6.62. The molecule has 0 aliphatic heterocycles. The normalized spacial score (nSPS) is 10.2. The van der Waals surface area contributed by atoms with Gasteiger partial charge >= 0.3 is 5.97 Å². The summed E-state index contributed by atoms with van der Waals surface area (Å²) >= 11 is 9.32. The van der Waals surface area contributed by atoms with Crippen LogP contribution in [0.5, 0.6) is 0 Å². The van der Waals surface area contributed by atoms with Crippen LogP contribution >= 0.6 is 27.5 Å². The molecule has 0 atom stereocenters. The van der Waals surface area contributed by atoms with Gasteiger partial charge in [0, 0.05) is 10.0 Å². The van der Waals surface area contributed by atoms with Gasteiger partial charge in [-0.3, -0.25) is 0 Å². The van der Waals surface area contributed by atoms with Gasteiger partial charge in [-0.1, -0.05) is 30.3 Å². The Morgan fingerprint density at radius 1 is 1.42 bits per heavy atom. The summed E-state index contributed by atoms with van der Waals surface area (Å²) in [6.45, 7) is 3.62. The van der Waals surface area contributed by atoms with E-state index in [1.54, 1.807) is 18.2 Å². The summed E-state index contributed by atoms with van der Waals surface area (Å²) in [5, 5.41) is 0.574. The predicted octanol–water partition coefficient (Wildman–Crippen LogP) is 4.71. The number of hydrogen-bond acceptors (Lipinski definition) is 3. The molecule has 0 saturated heterocycles. The van der Waals surface area contributed by atoms with E-state index in [-0.39, 0.29) is 12.4 Å². The second-order valence-electron chi connectivity index (χ2n) is 3.68. The highest BCUT2D eigenvalue weighted by atomic mass is 79.9. The zero-order chi connectivity index (χ0) is 13.8. The van der Waals surface area contributed by atoms with Gasteiger partial charge < -0.3 is 9.15 Å². The summed E-state index contributed by atoms with van der Waals surface area (Å²) in [7, 11) is 0. The van der Waals surface area contributed by atoms with E-state index >= 15 is 0 Å². The van der Waals surface area contributed by atoms with Gasteiger partial charge in [-0.25, -0.2) is 4.79 Å². The Bertz CT molecular complexity index is 619. The highest BCUT2D eigenvalue weighted by molar-refractivity contribution is 9.10. The van der Waals surface area contributed by atoms with Crippen molar-refractivity contribution in [3.63, 3.8) is 0 Å². The fourth-order valence-corrected chi connectivity index (χ4v) is 1.89. The molecule has 0 bridgehead atoms. The summed E-state index contributed by atoms with van der Waals surface area (Å²) in [5.74, 6) is 0.185. The van der Waals surface area contributed by atoms with Crippen molar-refractivity contribution in [2.45, 2.75) is 0 Å². The molecule has 1 aromatic carbocycles. The van der Waals surface area contributed by atoms with Crippen molar-refractivity contribution in [2.24, 2.45) is 0 Å². The van der Waals surface area contributed by atoms with Crippen molar-refractivity contribution in [1.82, 2.24) is 0 Å². The average molecular weight is 342 g/mol. The van der Waals surface area contributed by atoms with Crippen LogP contribution < -0.4 is 0 Å². The van der Waals surface area contributed by atoms with E-state index in [1.165, 1.54) is 6.08 Å². The first-order valence-electron chi connectivity index (χ1n) is 5.45. The fraction of sp³-hybridized carbons (Fsp3) is 0.0714. The molecule has 2 rings (SSSR count). The Morgan fingerprint density at radius 2 is 2.21 bits per heavy atom. The average Bonchev–Trinajstić information content (AvgIpc) is 2.89. The van der Waals surface area contributed by atoms with Crippen LogP contribution in [0.2, 0.25) is 5.02 Å². The number of benzene rings is 1. The van der Waals surface area contributed by atoms with Crippen LogP contribution in [0, 0.1) is 0 Å². The van der Waals surface area contributed by atoms with E-state index in [4.69, 9.17) is 20.8 Å². The van der Waals surface area contributed by atoms with Gasteiger partial charge in [0.2, 0.25) is 5.76 Å². The minimum absolute atomic E-state index is 0.149. The van der Waals surface area contributed by atoms with Crippen molar-refractivity contribution in [2.75, 3.05) is 6.61 Å². The third kappa shape index (κ3) is 3.28. The quantitative estimate of drug-likeness (QED) is 0.597. The van der Waals surface area contributed by atoms with Crippen LogP contribution in [0.3, 0.4) is 0 Å². The maximum atomic E-state index is 11.6. The number of esters is 1. The van der Waals surface area contributed by atoms with Crippen LogP contribution in [-0.4, -0.2) is 12.6 Å². The zero-order valence-corrected chi connectivity index (χ0v) is 12.2. The van der Waals surface area contributed by atoms with Gasteiger partial charge in [-0.05, 0) is 40.2 Å². The van der Waals surface area contributed by atoms with E-state index in [1.807, 2.05) is 12.1 Å².